The Morgan fingerprint density at radius 1 is 1.11 bits per heavy atom. The van der Waals surface area contributed by atoms with E-state index in [1.807, 2.05) is 47.4 Å². The minimum atomic E-state index is -0.246. The van der Waals surface area contributed by atoms with Gasteiger partial charge in [-0.15, -0.1) is 0 Å². The lowest BCUT2D eigenvalue weighted by molar-refractivity contribution is 0.0690. The summed E-state index contributed by atoms with van der Waals surface area (Å²) in [7, 11) is 0. The first kappa shape index (κ1) is 22.0. The van der Waals surface area contributed by atoms with Gasteiger partial charge in [-0.2, -0.15) is 0 Å². The molecule has 2 aliphatic rings. The molecule has 4 aromatic rings. The molecule has 176 valence electrons. The largest absolute Gasteiger partial charge is 0.375 e. The summed E-state index contributed by atoms with van der Waals surface area (Å²) in [6.45, 7) is 1.02. The number of carbonyl (C=O) groups excluding carboxylic acids is 2. The summed E-state index contributed by atoms with van der Waals surface area (Å²) in [6, 6.07) is 18.5. The molecule has 1 aliphatic heterocycles. The van der Waals surface area contributed by atoms with Crippen molar-refractivity contribution in [3.63, 3.8) is 0 Å². The first-order chi connectivity index (χ1) is 17.0. The highest BCUT2D eigenvalue weighted by molar-refractivity contribution is 7.19. The maximum absolute atomic E-state index is 13.6. The number of nitrogens with zero attached hydrogens (tertiary/aromatic N) is 3. The summed E-state index contributed by atoms with van der Waals surface area (Å²) in [6.07, 6.45) is 1.07. The summed E-state index contributed by atoms with van der Waals surface area (Å²) in [5.41, 5.74) is 8.29. The maximum Gasteiger partial charge on any atom is 0.274 e. The molecule has 1 saturated carbocycles. The Morgan fingerprint density at radius 3 is 2.83 bits per heavy atom. The molecule has 0 spiro atoms. The van der Waals surface area contributed by atoms with Crippen LogP contribution in [0.1, 0.15) is 27.4 Å². The molecule has 0 unspecified atom stereocenters. The van der Waals surface area contributed by atoms with Gasteiger partial charge < -0.3 is 16.0 Å². The highest BCUT2D eigenvalue weighted by atomic mass is 35.5. The second-order valence-electron chi connectivity index (χ2n) is 9.02. The molecular formula is C26H22ClN5O2S. The fourth-order valence-electron chi connectivity index (χ4n) is 4.99. The van der Waals surface area contributed by atoms with Crippen molar-refractivity contribution in [2.75, 3.05) is 18.8 Å². The van der Waals surface area contributed by atoms with Gasteiger partial charge >= 0.3 is 0 Å². The van der Waals surface area contributed by atoms with Gasteiger partial charge in [-0.1, -0.05) is 59.3 Å². The van der Waals surface area contributed by atoms with Crippen LogP contribution in [0.5, 0.6) is 0 Å². The monoisotopic (exact) mass is 503 g/mol. The number of fused-ring (bicyclic) bond motifs is 2. The number of amides is 2. The van der Waals surface area contributed by atoms with E-state index < -0.39 is 0 Å². The lowest BCUT2D eigenvalue weighted by Gasteiger charge is -2.27. The molecular weight excluding hydrogens is 482 g/mol. The van der Waals surface area contributed by atoms with Crippen molar-refractivity contribution >= 4 is 50.8 Å². The molecule has 3 atom stereocenters. The average molecular weight is 504 g/mol. The average Bonchev–Trinajstić information content (AvgIpc) is 3.38. The van der Waals surface area contributed by atoms with Crippen LogP contribution in [-0.2, 0) is 0 Å². The summed E-state index contributed by atoms with van der Waals surface area (Å²) in [4.78, 5) is 37.9. The molecule has 1 aliphatic carbocycles. The van der Waals surface area contributed by atoms with E-state index in [0.29, 0.717) is 51.3 Å². The van der Waals surface area contributed by atoms with E-state index >= 15 is 0 Å². The Labute approximate surface area is 210 Å². The molecule has 3 N–H and O–H groups in total. The van der Waals surface area contributed by atoms with E-state index in [0.717, 1.165) is 22.9 Å². The normalized spacial score (nSPS) is 20.6. The molecule has 2 fully saturated rings. The fourth-order valence-corrected chi connectivity index (χ4v) is 6.00. The topological polar surface area (TPSA) is 101 Å². The highest BCUT2D eigenvalue weighted by Gasteiger charge is 2.54. The zero-order valence-corrected chi connectivity index (χ0v) is 20.2. The number of nitrogens with one attached hydrogen (secondary N) is 1. The van der Waals surface area contributed by atoms with Crippen molar-refractivity contribution in [3.05, 3.63) is 77.1 Å². The number of para-hydroxylation sites is 1. The van der Waals surface area contributed by atoms with E-state index in [-0.39, 0.29) is 17.9 Å². The Bertz CT molecular complexity index is 1470. The summed E-state index contributed by atoms with van der Waals surface area (Å²) >= 11 is 7.45. The van der Waals surface area contributed by atoms with Crippen molar-refractivity contribution in [2.24, 2.45) is 11.8 Å². The summed E-state index contributed by atoms with van der Waals surface area (Å²) in [5, 5.41) is 4.90. The van der Waals surface area contributed by atoms with Crippen LogP contribution in [0.4, 0.5) is 5.13 Å². The number of carbonyl (C=O) groups is 2. The van der Waals surface area contributed by atoms with Crippen molar-refractivity contribution in [1.82, 2.24) is 20.2 Å². The highest BCUT2D eigenvalue weighted by Crippen LogP contribution is 2.50. The number of halogens is 1. The minimum absolute atomic E-state index is 0.0907. The standard InChI is InChI=1S/C26H22ClN5O2S/c27-17-6-3-5-15(10-17)23-22(31-26(28)35-23)25(34)32-13-16-11-18(16)21(32)12-29-24(33)20-9-8-14-4-1-2-7-19(14)30-20/h1-10,16,18,21H,11-13H2,(H2,28,31)(H,29,33)/t16-,18-,21-/m1/s1. The molecule has 35 heavy (non-hydrogen) atoms. The fraction of sp³-hybridized carbons (Fsp3) is 0.231. The Balaban J connectivity index is 1.21. The predicted molar refractivity (Wildman–Crippen MR) is 137 cm³/mol. The molecule has 2 aromatic carbocycles. The number of benzene rings is 2. The molecule has 0 bridgehead atoms. The van der Waals surface area contributed by atoms with E-state index in [4.69, 9.17) is 17.3 Å². The van der Waals surface area contributed by atoms with Gasteiger partial charge in [0.2, 0.25) is 0 Å². The molecule has 2 amide bonds. The van der Waals surface area contributed by atoms with Crippen LogP contribution in [0, 0.1) is 11.8 Å². The number of hydrogen-bond donors (Lipinski definition) is 2. The van der Waals surface area contributed by atoms with Gasteiger partial charge in [-0.25, -0.2) is 9.97 Å². The third kappa shape index (κ3) is 4.13. The van der Waals surface area contributed by atoms with Gasteiger partial charge in [0.15, 0.2) is 5.13 Å². The lowest BCUT2D eigenvalue weighted by Crippen LogP contribution is -2.45. The van der Waals surface area contributed by atoms with Gasteiger partial charge in [0.1, 0.15) is 11.4 Å². The number of hydrogen-bond acceptors (Lipinski definition) is 6. The summed E-state index contributed by atoms with van der Waals surface area (Å²) in [5.74, 6) is 0.438. The van der Waals surface area contributed by atoms with Crippen LogP contribution in [0.3, 0.4) is 0 Å². The predicted octanol–water partition coefficient (Wildman–Crippen LogP) is 4.48. The van der Waals surface area contributed by atoms with Crippen LogP contribution in [0.25, 0.3) is 21.3 Å². The van der Waals surface area contributed by atoms with Crippen molar-refractivity contribution < 1.29 is 9.59 Å². The number of nitrogen functional groups attached to an aromatic ring is 1. The number of pyridine rings is 1. The number of rotatable bonds is 5. The Morgan fingerprint density at radius 2 is 1.97 bits per heavy atom. The van der Waals surface area contributed by atoms with Crippen molar-refractivity contribution in [3.8, 4) is 10.4 Å². The zero-order chi connectivity index (χ0) is 24.1. The van der Waals surface area contributed by atoms with Crippen molar-refractivity contribution in [2.45, 2.75) is 12.5 Å². The zero-order valence-electron chi connectivity index (χ0n) is 18.6. The maximum atomic E-state index is 13.6. The number of anilines is 1. The van der Waals surface area contributed by atoms with E-state index in [2.05, 4.69) is 15.3 Å². The number of nitrogens with two attached hydrogens (primary N) is 1. The van der Waals surface area contributed by atoms with Crippen LogP contribution in [0.15, 0.2) is 60.7 Å². The van der Waals surface area contributed by atoms with Gasteiger partial charge in [0, 0.05) is 23.5 Å². The molecule has 1 saturated heterocycles. The van der Waals surface area contributed by atoms with Crippen LogP contribution >= 0.6 is 22.9 Å². The van der Waals surface area contributed by atoms with Gasteiger partial charge in [-0.05, 0) is 48.1 Å². The number of thiazole rings is 1. The van der Waals surface area contributed by atoms with Gasteiger partial charge in [0.05, 0.1) is 16.4 Å². The van der Waals surface area contributed by atoms with Gasteiger partial charge in [0.25, 0.3) is 11.8 Å². The number of piperidine rings is 1. The third-order valence-corrected chi connectivity index (χ3v) is 7.97. The number of likely N-dealkylation sites (tertiary alicyclic amines) is 1. The molecule has 6 rings (SSSR count). The molecule has 9 heteroatoms. The Kier molecular flexibility index (Phi) is 5.42. The Hall–Kier alpha value is -3.49. The smallest absolute Gasteiger partial charge is 0.274 e. The first-order valence-corrected chi connectivity index (χ1v) is 12.6. The quantitative estimate of drug-likeness (QED) is 0.418. The molecule has 7 nitrogen and oxygen atoms in total. The van der Waals surface area contributed by atoms with Crippen LogP contribution in [0.2, 0.25) is 5.02 Å². The molecule has 3 heterocycles. The summed E-state index contributed by atoms with van der Waals surface area (Å²) < 4.78 is 0. The first-order valence-electron chi connectivity index (χ1n) is 11.4. The lowest BCUT2D eigenvalue weighted by atomic mass is 10.1. The van der Waals surface area contributed by atoms with Crippen LogP contribution < -0.4 is 11.1 Å². The molecule has 2 aromatic heterocycles. The molecule has 0 radical (unpaired) electrons. The van der Waals surface area contributed by atoms with Crippen LogP contribution in [-0.4, -0.2) is 45.8 Å². The van der Waals surface area contributed by atoms with Crippen molar-refractivity contribution in [1.29, 1.82) is 0 Å². The SMILES string of the molecule is Nc1nc(C(=O)N2C[C@H]3C[C@H]3[C@H]2CNC(=O)c2ccc3ccccc3n2)c(-c2cccc(Cl)c2)s1. The minimum Gasteiger partial charge on any atom is -0.375 e. The number of aromatic nitrogens is 2. The second kappa shape index (κ2) is 8.62. The van der Waals surface area contributed by atoms with E-state index in [9.17, 15) is 9.59 Å². The second-order valence-corrected chi connectivity index (χ2v) is 10.5. The third-order valence-electron chi connectivity index (χ3n) is 6.80. The van der Waals surface area contributed by atoms with E-state index in [1.165, 1.54) is 11.3 Å². The van der Waals surface area contributed by atoms with E-state index in [1.54, 1.807) is 18.2 Å². The van der Waals surface area contributed by atoms with Gasteiger partial charge in [-0.3, -0.25) is 9.59 Å².